The second-order valence-electron chi connectivity index (χ2n) is 6.97. The Bertz CT molecular complexity index is 795. The summed E-state index contributed by atoms with van der Waals surface area (Å²) in [5.41, 5.74) is 4.62. The zero-order chi connectivity index (χ0) is 18.7. The van der Waals surface area contributed by atoms with Gasteiger partial charge in [0.25, 0.3) is 5.69 Å². The van der Waals surface area contributed by atoms with E-state index in [9.17, 15) is 10.1 Å². The largest absolute Gasteiger partial charge is 0.350 e. The Morgan fingerprint density at radius 2 is 1.85 bits per heavy atom. The molecule has 2 atom stereocenters. The summed E-state index contributed by atoms with van der Waals surface area (Å²) < 4.78 is 6.09. The molecule has 0 saturated carbocycles. The molecule has 2 aromatic carbocycles. The SMILES string of the molecule is C/C(=C\c1ccc(C(C)C)cc1)C1NCC(c2ccc([N+](=O)[O-])cc2)O1. The van der Waals surface area contributed by atoms with E-state index in [4.69, 9.17) is 4.74 Å². The monoisotopic (exact) mass is 352 g/mol. The lowest BCUT2D eigenvalue weighted by Gasteiger charge is -2.14. The molecule has 5 nitrogen and oxygen atoms in total. The maximum Gasteiger partial charge on any atom is 0.269 e. The van der Waals surface area contributed by atoms with Crippen LogP contribution in [0, 0.1) is 10.1 Å². The predicted molar refractivity (Wildman–Crippen MR) is 103 cm³/mol. The zero-order valence-electron chi connectivity index (χ0n) is 15.3. The summed E-state index contributed by atoms with van der Waals surface area (Å²) in [4.78, 5) is 10.4. The molecular formula is C21H24N2O3. The quantitative estimate of drug-likeness (QED) is 0.619. The average molecular weight is 352 g/mol. The summed E-state index contributed by atoms with van der Waals surface area (Å²) in [5.74, 6) is 0.524. The molecule has 1 aliphatic heterocycles. The van der Waals surface area contributed by atoms with Gasteiger partial charge < -0.3 is 4.74 Å². The van der Waals surface area contributed by atoms with Gasteiger partial charge in [0.2, 0.25) is 0 Å². The molecule has 0 amide bonds. The van der Waals surface area contributed by atoms with E-state index in [1.54, 1.807) is 12.1 Å². The number of benzene rings is 2. The van der Waals surface area contributed by atoms with Gasteiger partial charge in [0.1, 0.15) is 6.23 Å². The van der Waals surface area contributed by atoms with E-state index in [1.807, 2.05) is 6.92 Å². The van der Waals surface area contributed by atoms with Crippen LogP contribution >= 0.6 is 0 Å². The molecule has 0 radical (unpaired) electrons. The Kier molecular flexibility index (Phi) is 5.49. The van der Waals surface area contributed by atoms with Crippen LogP contribution in [-0.4, -0.2) is 17.7 Å². The van der Waals surface area contributed by atoms with E-state index in [1.165, 1.54) is 17.7 Å². The molecule has 26 heavy (non-hydrogen) atoms. The molecule has 136 valence electrons. The first-order chi connectivity index (χ1) is 12.4. The second kappa shape index (κ2) is 7.81. The number of hydrogen-bond donors (Lipinski definition) is 1. The van der Waals surface area contributed by atoms with Gasteiger partial charge in [-0.2, -0.15) is 0 Å². The van der Waals surface area contributed by atoms with Crippen molar-refractivity contribution < 1.29 is 9.66 Å². The summed E-state index contributed by atoms with van der Waals surface area (Å²) in [5, 5.41) is 14.1. The van der Waals surface area contributed by atoms with Crippen LogP contribution in [-0.2, 0) is 4.74 Å². The Hall–Kier alpha value is -2.50. The van der Waals surface area contributed by atoms with Crippen molar-refractivity contribution in [1.29, 1.82) is 0 Å². The van der Waals surface area contributed by atoms with E-state index in [0.29, 0.717) is 12.5 Å². The predicted octanol–water partition coefficient (Wildman–Crippen LogP) is 4.81. The molecule has 0 bridgehead atoms. The number of nitrogens with one attached hydrogen (secondary N) is 1. The molecule has 3 rings (SSSR count). The molecule has 2 unspecified atom stereocenters. The summed E-state index contributed by atoms with van der Waals surface area (Å²) in [7, 11) is 0. The summed E-state index contributed by atoms with van der Waals surface area (Å²) >= 11 is 0. The molecule has 0 spiro atoms. The third-order valence-corrected chi connectivity index (χ3v) is 4.68. The van der Waals surface area contributed by atoms with Gasteiger partial charge in [-0.3, -0.25) is 15.4 Å². The molecule has 1 aliphatic rings. The maximum atomic E-state index is 10.8. The van der Waals surface area contributed by atoms with Gasteiger partial charge in [-0.05, 0) is 47.2 Å². The van der Waals surface area contributed by atoms with Crippen molar-refractivity contribution in [3.63, 3.8) is 0 Å². The highest BCUT2D eigenvalue weighted by Gasteiger charge is 2.27. The Labute approximate surface area is 153 Å². The van der Waals surface area contributed by atoms with Gasteiger partial charge in [-0.15, -0.1) is 0 Å². The third kappa shape index (κ3) is 4.18. The van der Waals surface area contributed by atoms with Crippen LogP contribution in [0.5, 0.6) is 0 Å². The lowest BCUT2D eigenvalue weighted by Crippen LogP contribution is -2.23. The number of ether oxygens (including phenoxy) is 1. The number of non-ortho nitro benzene ring substituents is 1. The molecule has 0 aromatic heterocycles. The van der Waals surface area contributed by atoms with Crippen molar-refractivity contribution in [3.05, 3.63) is 80.9 Å². The van der Waals surface area contributed by atoms with Crippen LogP contribution in [0.1, 0.15) is 49.5 Å². The zero-order valence-corrected chi connectivity index (χ0v) is 15.3. The van der Waals surface area contributed by atoms with Crippen LogP contribution in [0.3, 0.4) is 0 Å². The lowest BCUT2D eigenvalue weighted by molar-refractivity contribution is -0.384. The van der Waals surface area contributed by atoms with Gasteiger partial charge in [-0.25, -0.2) is 0 Å². The van der Waals surface area contributed by atoms with E-state index < -0.39 is 4.92 Å². The van der Waals surface area contributed by atoms with Gasteiger partial charge in [0.15, 0.2) is 0 Å². The first-order valence-corrected chi connectivity index (χ1v) is 8.85. The minimum atomic E-state index is -0.391. The smallest absolute Gasteiger partial charge is 0.269 e. The van der Waals surface area contributed by atoms with E-state index in [0.717, 1.165) is 16.7 Å². The summed E-state index contributed by atoms with van der Waals surface area (Å²) in [6.45, 7) is 7.10. The van der Waals surface area contributed by atoms with Gasteiger partial charge in [0.05, 0.1) is 11.0 Å². The fraction of sp³-hybridized carbons (Fsp3) is 0.333. The van der Waals surface area contributed by atoms with Gasteiger partial charge >= 0.3 is 0 Å². The fourth-order valence-corrected chi connectivity index (χ4v) is 3.07. The third-order valence-electron chi connectivity index (χ3n) is 4.68. The summed E-state index contributed by atoms with van der Waals surface area (Å²) in [6, 6.07) is 15.1. The highest BCUT2D eigenvalue weighted by atomic mass is 16.6. The van der Waals surface area contributed by atoms with Crippen molar-refractivity contribution in [3.8, 4) is 0 Å². The highest BCUT2D eigenvalue weighted by Crippen LogP contribution is 2.28. The Morgan fingerprint density at radius 1 is 1.19 bits per heavy atom. The van der Waals surface area contributed by atoms with Crippen LogP contribution < -0.4 is 5.32 Å². The first-order valence-electron chi connectivity index (χ1n) is 8.85. The van der Waals surface area contributed by atoms with Crippen molar-refractivity contribution in [1.82, 2.24) is 5.32 Å². The Balaban J connectivity index is 1.66. The molecule has 1 heterocycles. The molecule has 1 N–H and O–H groups in total. The lowest BCUT2D eigenvalue weighted by atomic mass is 10.0. The van der Waals surface area contributed by atoms with Gasteiger partial charge in [0, 0.05) is 18.7 Å². The number of rotatable bonds is 5. The van der Waals surface area contributed by atoms with Crippen molar-refractivity contribution in [2.75, 3.05) is 6.54 Å². The second-order valence-corrected chi connectivity index (χ2v) is 6.97. The minimum Gasteiger partial charge on any atom is -0.350 e. The highest BCUT2D eigenvalue weighted by molar-refractivity contribution is 5.54. The van der Waals surface area contributed by atoms with Gasteiger partial charge in [-0.1, -0.05) is 44.2 Å². The van der Waals surface area contributed by atoms with E-state index >= 15 is 0 Å². The van der Waals surface area contributed by atoms with E-state index in [-0.39, 0.29) is 18.0 Å². The first kappa shape index (κ1) is 18.3. The van der Waals surface area contributed by atoms with Crippen LogP contribution in [0.2, 0.25) is 0 Å². The van der Waals surface area contributed by atoms with Crippen LogP contribution in [0.4, 0.5) is 5.69 Å². The number of nitro groups is 1. The number of hydrogen-bond acceptors (Lipinski definition) is 4. The molecule has 5 heteroatoms. The topological polar surface area (TPSA) is 64.4 Å². The molecule has 1 fully saturated rings. The minimum absolute atomic E-state index is 0.0946. The van der Waals surface area contributed by atoms with E-state index in [2.05, 4.69) is 49.5 Å². The van der Waals surface area contributed by atoms with Crippen LogP contribution in [0.15, 0.2) is 54.1 Å². The van der Waals surface area contributed by atoms with Crippen molar-refractivity contribution >= 4 is 11.8 Å². The number of nitrogens with zero attached hydrogens (tertiary/aromatic N) is 1. The average Bonchev–Trinajstić information content (AvgIpc) is 3.12. The normalized spacial score (nSPS) is 20.5. The fourth-order valence-electron chi connectivity index (χ4n) is 3.07. The molecule has 1 saturated heterocycles. The summed E-state index contributed by atoms with van der Waals surface area (Å²) in [6.07, 6.45) is 1.87. The Morgan fingerprint density at radius 3 is 2.42 bits per heavy atom. The van der Waals surface area contributed by atoms with Crippen LogP contribution in [0.25, 0.3) is 6.08 Å². The molecular weight excluding hydrogens is 328 g/mol. The van der Waals surface area contributed by atoms with Crippen molar-refractivity contribution in [2.45, 2.75) is 39.0 Å². The maximum absolute atomic E-state index is 10.8. The number of nitro benzene ring substituents is 1. The molecule has 0 aliphatic carbocycles. The standard InChI is InChI=1S/C21H24N2O3/c1-14(2)17-6-4-16(5-7-17)12-15(3)21-22-13-20(26-21)18-8-10-19(11-9-18)23(24)25/h4-12,14,20-22H,13H2,1-3H3/b15-12+. The molecule has 2 aromatic rings. The van der Waals surface area contributed by atoms with Crippen molar-refractivity contribution in [2.24, 2.45) is 0 Å².